The van der Waals surface area contributed by atoms with Crippen LogP contribution in [0.25, 0.3) is 0 Å². The summed E-state index contributed by atoms with van der Waals surface area (Å²) in [6, 6.07) is 0. The van der Waals surface area contributed by atoms with Crippen molar-refractivity contribution in [3.8, 4) is 0 Å². The molecule has 2 heterocycles. The minimum Gasteiger partial charge on any atom is -0.383 e. The van der Waals surface area contributed by atoms with E-state index in [1.807, 2.05) is 5.38 Å². The smallest absolute Gasteiger partial charge is 0.330 e. The normalized spacial score (nSPS) is 10.7. The van der Waals surface area contributed by atoms with Gasteiger partial charge in [-0.15, -0.1) is 11.3 Å². The minimum atomic E-state index is -0.552. The predicted octanol–water partition coefficient (Wildman–Crippen LogP) is -0.166. The molecule has 2 rings (SSSR count). The monoisotopic (exact) mass is 297 g/mol. The van der Waals surface area contributed by atoms with Crippen molar-refractivity contribution < 1.29 is 4.74 Å². The maximum atomic E-state index is 11.8. The molecule has 0 bridgehead atoms. The summed E-state index contributed by atoms with van der Waals surface area (Å²) in [5.41, 5.74) is 7.43. The lowest BCUT2D eigenvalue weighted by Crippen LogP contribution is -2.34. The molecule has 0 aliphatic heterocycles. The summed E-state index contributed by atoms with van der Waals surface area (Å²) in [6.07, 6.45) is 0. The molecule has 0 aliphatic carbocycles. The number of nitrogen functional groups attached to an aromatic ring is 1. The molecule has 9 heteroatoms. The first-order valence-electron chi connectivity index (χ1n) is 5.86. The van der Waals surface area contributed by atoms with Gasteiger partial charge in [-0.2, -0.15) is 0 Å². The average molecular weight is 297 g/mol. The highest BCUT2D eigenvalue weighted by Gasteiger charge is 2.12. The van der Waals surface area contributed by atoms with E-state index in [0.717, 1.165) is 5.69 Å². The molecule has 0 saturated carbocycles. The third-order valence-corrected chi connectivity index (χ3v) is 3.32. The number of H-pyrrole nitrogens is 1. The summed E-state index contributed by atoms with van der Waals surface area (Å²) in [5.74, 6) is 0.0889. The molecule has 0 radical (unpaired) electrons. The molecular formula is C11H15N5O3S. The van der Waals surface area contributed by atoms with Crippen molar-refractivity contribution in [3.05, 3.63) is 37.4 Å². The number of methoxy groups -OCH3 is 1. The number of anilines is 2. The zero-order valence-electron chi connectivity index (χ0n) is 10.9. The molecular weight excluding hydrogens is 282 g/mol. The van der Waals surface area contributed by atoms with E-state index < -0.39 is 11.2 Å². The highest BCUT2D eigenvalue weighted by molar-refractivity contribution is 7.07. The van der Waals surface area contributed by atoms with Crippen LogP contribution in [0.15, 0.2) is 20.5 Å². The Bertz CT molecular complexity index is 676. The quantitative estimate of drug-likeness (QED) is 0.682. The Morgan fingerprint density at radius 2 is 2.35 bits per heavy atom. The van der Waals surface area contributed by atoms with Crippen LogP contribution >= 0.6 is 11.3 Å². The van der Waals surface area contributed by atoms with Gasteiger partial charge in [-0.3, -0.25) is 14.3 Å². The van der Waals surface area contributed by atoms with Gasteiger partial charge in [0.05, 0.1) is 30.9 Å². The molecule has 0 aromatic carbocycles. The molecule has 20 heavy (non-hydrogen) atoms. The van der Waals surface area contributed by atoms with Gasteiger partial charge in [0.15, 0.2) is 0 Å². The van der Waals surface area contributed by atoms with Gasteiger partial charge in [0.2, 0.25) is 0 Å². The van der Waals surface area contributed by atoms with E-state index in [2.05, 4.69) is 15.3 Å². The molecule has 4 N–H and O–H groups in total. The van der Waals surface area contributed by atoms with Crippen molar-refractivity contribution in [2.45, 2.75) is 13.1 Å². The summed E-state index contributed by atoms with van der Waals surface area (Å²) in [6.45, 7) is 0.949. The van der Waals surface area contributed by atoms with E-state index in [1.165, 1.54) is 23.0 Å². The molecule has 0 saturated heterocycles. The number of aromatic amines is 1. The SMILES string of the molecule is COCCn1c(N)c(NCc2cscn2)c(=O)[nH]c1=O. The fourth-order valence-corrected chi connectivity index (χ4v) is 2.23. The van der Waals surface area contributed by atoms with Crippen LogP contribution in [0.1, 0.15) is 5.69 Å². The first kappa shape index (κ1) is 14.3. The second-order valence-electron chi connectivity index (χ2n) is 4.00. The standard InChI is InChI=1S/C11H15N5O3S/c1-19-3-2-16-9(12)8(10(17)15-11(16)18)13-4-7-5-20-6-14-7/h5-6,13H,2-4,12H2,1H3,(H,15,17,18). The number of hydrogen-bond acceptors (Lipinski definition) is 7. The van der Waals surface area contributed by atoms with Crippen molar-refractivity contribution in [2.75, 3.05) is 24.8 Å². The third kappa shape index (κ3) is 3.06. The van der Waals surface area contributed by atoms with E-state index in [-0.39, 0.29) is 18.1 Å². The number of thiazole rings is 1. The second-order valence-corrected chi connectivity index (χ2v) is 4.72. The zero-order chi connectivity index (χ0) is 14.5. The lowest BCUT2D eigenvalue weighted by molar-refractivity contribution is 0.186. The van der Waals surface area contributed by atoms with Crippen LogP contribution in [0.4, 0.5) is 11.5 Å². The number of nitrogens with one attached hydrogen (secondary N) is 2. The topological polar surface area (TPSA) is 115 Å². The molecule has 0 aliphatic rings. The van der Waals surface area contributed by atoms with Gasteiger partial charge in [-0.25, -0.2) is 9.78 Å². The van der Waals surface area contributed by atoms with E-state index >= 15 is 0 Å². The first-order valence-corrected chi connectivity index (χ1v) is 6.80. The first-order chi connectivity index (χ1) is 9.63. The summed E-state index contributed by atoms with van der Waals surface area (Å²) < 4.78 is 6.17. The Labute approximate surface area is 118 Å². The number of nitrogens with two attached hydrogens (primary N) is 1. The minimum absolute atomic E-state index is 0.0889. The van der Waals surface area contributed by atoms with Crippen LogP contribution in [0.5, 0.6) is 0 Å². The predicted molar refractivity (Wildman–Crippen MR) is 77.1 cm³/mol. The Morgan fingerprint density at radius 3 is 3.00 bits per heavy atom. The highest BCUT2D eigenvalue weighted by Crippen LogP contribution is 2.11. The molecule has 0 fully saturated rings. The Balaban J connectivity index is 2.27. The molecule has 0 spiro atoms. The Hall–Kier alpha value is -2.13. The van der Waals surface area contributed by atoms with Crippen LogP contribution in [-0.4, -0.2) is 28.3 Å². The van der Waals surface area contributed by atoms with E-state index in [1.54, 1.807) is 5.51 Å². The van der Waals surface area contributed by atoms with Gasteiger partial charge in [0.25, 0.3) is 5.56 Å². The molecule has 2 aromatic rings. The highest BCUT2D eigenvalue weighted by atomic mass is 32.1. The largest absolute Gasteiger partial charge is 0.383 e. The van der Waals surface area contributed by atoms with Crippen molar-refractivity contribution in [1.82, 2.24) is 14.5 Å². The summed E-state index contributed by atoms with van der Waals surface area (Å²) >= 11 is 1.46. The molecule has 108 valence electrons. The van der Waals surface area contributed by atoms with Crippen LogP contribution in [0.3, 0.4) is 0 Å². The maximum absolute atomic E-state index is 11.8. The van der Waals surface area contributed by atoms with Crippen LogP contribution in [0, 0.1) is 0 Å². The van der Waals surface area contributed by atoms with Crippen molar-refractivity contribution in [2.24, 2.45) is 0 Å². The van der Waals surface area contributed by atoms with Crippen LogP contribution in [0.2, 0.25) is 0 Å². The van der Waals surface area contributed by atoms with Gasteiger partial charge < -0.3 is 15.8 Å². The van der Waals surface area contributed by atoms with E-state index in [4.69, 9.17) is 10.5 Å². The third-order valence-electron chi connectivity index (χ3n) is 2.69. The number of ether oxygens (including phenoxy) is 1. The summed E-state index contributed by atoms with van der Waals surface area (Å²) in [5, 5.41) is 4.76. The van der Waals surface area contributed by atoms with Crippen LogP contribution in [-0.2, 0) is 17.8 Å². The zero-order valence-corrected chi connectivity index (χ0v) is 11.7. The fraction of sp³-hybridized carbons (Fsp3) is 0.364. The van der Waals surface area contributed by atoms with E-state index in [0.29, 0.717) is 13.2 Å². The number of aromatic nitrogens is 3. The summed E-state index contributed by atoms with van der Waals surface area (Å²) in [4.78, 5) is 29.8. The fourth-order valence-electron chi connectivity index (χ4n) is 1.67. The molecule has 0 unspecified atom stereocenters. The van der Waals surface area contributed by atoms with E-state index in [9.17, 15) is 9.59 Å². The van der Waals surface area contributed by atoms with Gasteiger partial charge >= 0.3 is 5.69 Å². The summed E-state index contributed by atoms with van der Waals surface area (Å²) in [7, 11) is 1.52. The molecule has 8 nitrogen and oxygen atoms in total. The number of nitrogens with zero attached hydrogens (tertiary/aromatic N) is 2. The number of hydrogen-bond donors (Lipinski definition) is 3. The number of rotatable bonds is 6. The van der Waals surface area contributed by atoms with Crippen LogP contribution < -0.4 is 22.3 Å². The maximum Gasteiger partial charge on any atom is 0.330 e. The molecule has 2 aromatic heterocycles. The Morgan fingerprint density at radius 1 is 1.55 bits per heavy atom. The lowest BCUT2D eigenvalue weighted by atomic mass is 10.4. The van der Waals surface area contributed by atoms with Crippen molar-refractivity contribution >= 4 is 22.8 Å². The Kier molecular flexibility index (Phi) is 4.53. The average Bonchev–Trinajstić information content (AvgIpc) is 2.91. The van der Waals surface area contributed by atoms with Gasteiger partial charge in [0.1, 0.15) is 11.5 Å². The molecule has 0 amide bonds. The van der Waals surface area contributed by atoms with Gasteiger partial charge in [-0.1, -0.05) is 0 Å². The lowest BCUT2D eigenvalue weighted by Gasteiger charge is -2.13. The van der Waals surface area contributed by atoms with Gasteiger partial charge in [-0.05, 0) is 0 Å². The van der Waals surface area contributed by atoms with Crippen molar-refractivity contribution in [3.63, 3.8) is 0 Å². The second kappa shape index (κ2) is 6.35. The van der Waals surface area contributed by atoms with Gasteiger partial charge in [0, 0.05) is 12.5 Å². The van der Waals surface area contributed by atoms with Crippen molar-refractivity contribution in [1.29, 1.82) is 0 Å². The molecule has 0 atom stereocenters.